The Kier molecular flexibility index (Phi) is 11.4. The molecular weight excluding hydrogens is 274 g/mol. The van der Waals surface area contributed by atoms with E-state index < -0.39 is 10.0 Å². The van der Waals surface area contributed by atoms with E-state index in [4.69, 9.17) is 0 Å². The summed E-state index contributed by atoms with van der Waals surface area (Å²) in [6.07, 6.45) is 2.49. The van der Waals surface area contributed by atoms with Crippen molar-refractivity contribution >= 4 is 10.0 Å². The van der Waals surface area contributed by atoms with Crippen LogP contribution in [-0.4, -0.2) is 57.8 Å². The van der Waals surface area contributed by atoms with Crippen LogP contribution in [0.3, 0.4) is 0 Å². The minimum Gasteiger partial charge on any atom is -0.315 e. The largest absolute Gasteiger partial charge is 0.315 e. The van der Waals surface area contributed by atoms with Gasteiger partial charge in [0.05, 0.1) is 5.75 Å². The fraction of sp³-hybridized carbons (Fsp3) is 1.00. The molecule has 5 nitrogen and oxygen atoms in total. The van der Waals surface area contributed by atoms with Gasteiger partial charge in [0.1, 0.15) is 0 Å². The van der Waals surface area contributed by atoms with Crippen molar-refractivity contribution in [1.29, 1.82) is 0 Å². The Balaban J connectivity index is 3.64. The number of hydrogen-bond acceptors (Lipinski definition) is 4. The van der Waals surface area contributed by atoms with Crippen LogP contribution in [0, 0.1) is 0 Å². The summed E-state index contributed by atoms with van der Waals surface area (Å²) in [6.45, 7) is 12.9. The zero-order valence-electron chi connectivity index (χ0n) is 13.6. The van der Waals surface area contributed by atoms with Crippen molar-refractivity contribution in [3.05, 3.63) is 0 Å². The molecule has 0 unspecified atom stereocenters. The summed E-state index contributed by atoms with van der Waals surface area (Å²) in [6, 6.07) is 0.463. The Hall–Kier alpha value is -0.170. The minimum atomic E-state index is -3.09. The number of hydrogen-bond donors (Lipinski definition) is 2. The van der Waals surface area contributed by atoms with Crippen molar-refractivity contribution in [3.8, 4) is 0 Å². The van der Waals surface area contributed by atoms with E-state index in [1.165, 1.54) is 0 Å². The topological polar surface area (TPSA) is 61.4 Å². The van der Waals surface area contributed by atoms with Gasteiger partial charge in [-0.25, -0.2) is 13.1 Å². The number of unbranched alkanes of at least 4 members (excludes halogenated alkanes) is 1. The molecule has 20 heavy (non-hydrogen) atoms. The molecule has 0 bridgehead atoms. The normalized spacial score (nSPS) is 12.5. The second-order valence-electron chi connectivity index (χ2n) is 5.41. The standard InChI is InChI=1S/C14H33N3O2S/c1-5-17(6-2)12-9-11-16-20(18,19)13-8-7-10-15-14(3)4/h14-16H,5-13H2,1-4H3. The Morgan fingerprint density at radius 2 is 1.65 bits per heavy atom. The molecule has 0 rings (SSSR count). The van der Waals surface area contributed by atoms with Gasteiger partial charge in [0.25, 0.3) is 0 Å². The Morgan fingerprint density at radius 3 is 2.20 bits per heavy atom. The SMILES string of the molecule is CCN(CC)CCCNS(=O)(=O)CCCCNC(C)C. The molecule has 0 amide bonds. The monoisotopic (exact) mass is 307 g/mol. The van der Waals surface area contributed by atoms with Crippen LogP contribution < -0.4 is 10.0 Å². The molecule has 0 aliphatic heterocycles. The van der Waals surface area contributed by atoms with E-state index in [0.717, 1.165) is 39.0 Å². The molecule has 0 saturated carbocycles. The summed E-state index contributed by atoms with van der Waals surface area (Å²) in [5.74, 6) is 0.234. The summed E-state index contributed by atoms with van der Waals surface area (Å²) in [4.78, 5) is 2.30. The van der Waals surface area contributed by atoms with Crippen LogP contribution in [-0.2, 0) is 10.0 Å². The van der Waals surface area contributed by atoms with Crippen LogP contribution in [0.25, 0.3) is 0 Å². The fourth-order valence-corrected chi connectivity index (χ4v) is 3.13. The average molecular weight is 308 g/mol. The first-order valence-corrected chi connectivity index (χ1v) is 9.49. The van der Waals surface area contributed by atoms with Gasteiger partial charge in [-0.05, 0) is 45.4 Å². The third-order valence-corrected chi connectivity index (χ3v) is 4.73. The van der Waals surface area contributed by atoms with Gasteiger partial charge in [-0.2, -0.15) is 0 Å². The highest BCUT2D eigenvalue weighted by Crippen LogP contribution is 1.96. The molecule has 0 radical (unpaired) electrons. The minimum absolute atomic E-state index is 0.234. The Morgan fingerprint density at radius 1 is 1.00 bits per heavy atom. The van der Waals surface area contributed by atoms with E-state index in [1.54, 1.807) is 0 Å². The highest BCUT2D eigenvalue weighted by atomic mass is 32.2. The van der Waals surface area contributed by atoms with Gasteiger partial charge < -0.3 is 10.2 Å². The van der Waals surface area contributed by atoms with Crippen LogP contribution in [0.4, 0.5) is 0 Å². The van der Waals surface area contributed by atoms with E-state index in [9.17, 15) is 8.42 Å². The maximum Gasteiger partial charge on any atom is 0.211 e. The molecule has 0 aliphatic carbocycles. The average Bonchev–Trinajstić information content (AvgIpc) is 2.38. The van der Waals surface area contributed by atoms with Gasteiger partial charge in [-0.1, -0.05) is 27.7 Å². The van der Waals surface area contributed by atoms with Gasteiger partial charge in [0, 0.05) is 12.6 Å². The van der Waals surface area contributed by atoms with E-state index in [1.807, 2.05) is 0 Å². The molecule has 0 aromatic carbocycles. The third kappa shape index (κ3) is 11.6. The van der Waals surface area contributed by atoms with Crippen LogP contribution in [0.1, 0.15) is 47.0 Å². The maximum atomic E-state index is 11.8. The van der Waals surface area contributed by atoms with Crippen molar-refractivity contribution in [1.82, 2.24) is 14.9 Å². The summed E-state index contributed by atoms with van der Waals surface area (Å²) in [5, 5.41) is 3.29. The molecule has 0 aromatic heterocycles. The van der Waals surface area contributed by atoms with Gasteiger partial charge in [0.2, 0.25) is 10.0 Å². The molecular formula is C14H33N3O2S. The molecule has 6 heteroatoms. The maximum absolute atomic E-state index is 11.8. The molecule has 2 N–H and O–H groups in total. The predicted molar refractivity (Wildman–Crippen MR) is 86.6 cm³/mol. The van der Waals surface area contributed by atoms with Gasteiger partial charge in [-0.3, -0.25) is 0 Å². The van der Waals surface area contributed by atoms with Crippen LogP contribution in [0.15, 0.2) is 0 Å². The summed E-state index contributed by atoms with van der Waals surface area (Å²) < 4.78 is 26.2. The lowest BCUT2D eigenvalue weighted by molar-refractivity contribution is 0.300. The highest BCUT2D eigenvalue weighted by Gasteiger charge is 2.09. The lowest BCUT2D eigenvalue weighted by Gasteiger charge is -2.17. The summed E-state index contributed by atoms with van der Waals surface area (Å²) in [7, 11) is -3.09. The van der Waals surface area contributed by atoms with Crippen molar-refractivity contribution < 1.29 is 8.42 Å². The van der Waals surface area contributed by atoms with Gasteiger partial charge in [0.15, 0.2) is 0 Å². The van der Waals surface area contributed by atoms with E-state index in [0.29, 0.717) is 19.0 Å². The lowest BCUT2D eigenvalue weighted by atomic mass is 10.3. The third-order valence-electron chi connectivity index (χ3n) is 3.26. The van der Waals surface area contributed by atoms with Gasteiger partial charge in [-0.15, -0.1) is 0 Å². The quantitative estimate of drug-likeness (QED) is 0.505. The first-order valence-electron chi connectivity index (χ1n) is 7.84. The molecule has 0 heterocycles. The lowest BCUT2D eigenvalue weighted by Crippen LogP contribution is -2.31. The van der Waals surface area contributed by atoms with E-state index >= 15 is 0 Å². The summed E-state index contributed by atoms with van der Waals surface area (Å²) in [5.41, 5.74) is 0. The second-order valence-corrected chi connectivity index (χ2v) is 7.34. The number of sulfonamides is 1. The van der Waals surface area contributed by atoms with Crippen LogP contribution >= 0.6 is 0 Å². The molecule has 0 atom stereocenters. The summed E-state index contributed by atoms with van der Waals surface area (Å²) >= 11 is 0. The van der Waals surface area contributed by atoms with Crippen molar-refractivity contribution in [2.45, 2.75) is 53.0 Å². The molecule has 0 spiro atoms. The van der Waals surface area contributed by atoms with Crippen molar-refractivity contribution in [2.24, 2.45) is 0 Å². The predicted octanol–water partition coefficient (Wildman–Crippen LogP) is 1.42. The van der Waals surface area contributed by atoms with E-state index in [2.05, 4.69) is 42.6 Å². The molecule has 0 saturated heterocycles. The van der Waals surface area contributed by atoms with Crippen molar-refractivity contribution in [3.63, 3.8) is 0 Å². The number of rotatable bonds is 13. The zero-order valence-corrected chi connectivity index (χ0v) is 14.4. The van der Waals surface area contributed by atoms with E-state index in [-0.39, 0.29) is 5.75 Å². The van der Waals surface area contributed by atoms with Crippen LogP contribution in [0.5, 0.6) is 0 Å². The van der Waals surface area contributed by atoms with Gasteiger partial charge >= 0.3 is 0 Å². The Labute approximate surface area is 125 Å². The fourth-order valence-electron chi connectivity index (χ4n) is 1.95. The zero-order chi connectivity index (χ0) is 15.4. The molecule has 0 aliphatic rings. The smallest absolute Gasteiger partial charge is 0.211 e. The molecule has 0 aromatic rings. The second kappa shape index (κ2) is 11.5. The first kappa shape index (κ1) is 19.8. The highest BCUT2D eigenvalue weighted by molar-refractivity contribution is 7.89. The Bertz CT molecular complexity index is 314. The van der Waals surface area contributed by atoms with Crippen molar-refractivity contribution in [2.75, 3.05) is 38.5 Å². The van der Waals surface area contributed by atoms with Crippen LogP contribution in [0.2, 0.25) is 0 Å². The molecule has 0 fully saturated rings. The first-order chi connectivity index (χ1) is 9.41. The number of nitrogens with one attached hydrogen (secondary N) is 2. The number of nitrogens with zero attached hydrogens (tertiary/aromatic N) is 1. The molecule has 122 valence electrons.